The van der Waals surface area contributed by atoms with Crippen LogP contribution < -0.4 is 4.90 Å². The quantitative estimate of drug-likeness (QED) is 0.791. The first-order valence-electron chi connectivity index (χ1n) is 6.37. The predicted molar refractivity (Wildman–Crippen MR) is 86.4 cm³/mol. The third-order valence-electron chi connectivity index (χ3n) is 2.95. The van der Waals surface area contributed by atoms with Gasteiger partial charge in [-0.05, 0) is 25.3 Å². The summed E-state index contributed by atoms with van der Waals surface area (Å²) in [5, 5.41) is 1.56. The molecule has 0 saturated carbocycles. The molecular weight excluding hydrogens is 309 g/mol. The highest BCUT2D eigenvalue weighted by Gasteiger charge is 2.18. The molecular formula is C14H16FN3OS2. The lowest BCUT2D eigenvalue weighted by molar-refractivity contribution is -0.117. The van der Waals surface area contributed by atoms with Crippen molar-refractivity contribution in [2.75, 3.05) is 24.0 Å². The normalized spacial score (nSPS) is 10.7. The van der Waals surface area contributed by atoms with Gasteiger partial charge in [0.05, 0.1) is 5.69 Å². The number of pyridine rings is 1. The summed E-state index contributed by atoms with van der Waals surface area (Å²) >= 11 is 3.06. The van der Waals surface area contributed by atoms with Gasteiger partial charge in [-0.15, -0.1) is 0 Å². The lowest BCUT2D eigenvalue weighted by atomic mass is 10.3. The molecule has 0 aliphatic rings. The molecule has 0 aliphatic heterocycles. The maximum absolute atomic E-state index is 12.9. The Morgan fingerprint density at radius 1 is 1.48 bits per heavy atom. The number of anilines is 1. The molecule has 0 radical (unpaired) electrons. The van der Waals surface area contributed by atoms with Crippen LogP contribution >= 0.6 is 23.1 Å². The highest BCUT2D eigenvalue weighted by molar-refractivity contribution is 7.98. The fourth-order valence-corrected chi connectivity index (χ4v) is 3.21. The fraction of sp³-hybridized carbons (Fsp3) is 0.357. The van der Waals surface area contributed by atoms with Crippen LogP contribution in [0, 0.1) is 12.9 Å². The molecule has 0 aromatic carbocycles. The number of aromatic nitrogens is 2. The number of aryl methyl sites for hydroxylation is 1. The predicted octanol–water partition coefficient (Wildman–Crippen LogP) is 3.37. The van der Waals surface area contributed by atoms with Crippen molar-refractivity contribution in [2.45, 2.75) is 13.3 Å². The number of rotatable bonds is 5. The van der Waals surface area contributed by atoms with E-state index in [1.807, 2.05) is 13.2 Å². The third-order valence-corrected chi connectivity index (χ3v) is 4.84. The standard InChI is InChI=1S/C14H16FN3OS2/c1-9-14(18(2)12(19)6-7-20-3)21-13(17-9)10-4-5-11(15)16-8-10/h4-5,8H,6-7H2,1-3H3. The number of carbonyl (C=O) groups excluding carboxylic acids is 1. The van der Waals surface area contributed by atoms with Crippen molar-refractivity contribution < 1.29 is 9.18 Å². The Morgan fingerprint density at radius 3 is 2.86 bits per heavy atom. The van der Waals surface area contributed by atoms with Crippen LogP contribution in [0.1, 0.15) is 12.1 Å². The second kappa shape index (κ2) is 7.00. The lowest BCUT2D eigenvalue weighted by Gasteiger charge is -2.15. The summed E-state index contributed by atoms with van der Waals surface area (Å²) < 4.78 is 12.9. The Labute approximate surface area is 131 Å². The van der Waals surface area contributed by atoms with Gasteiger partial charge in [0.15, 0.2) is 0 Å². The molecule has 0 spiro atoms. The summed E-state index contributed by atoms with van der Waals surface area (Å²) in [6.07, 6.45) is 3.93. The molecule has 0 aliphatic carbocycles. The van der Waals surface area contributed by atoms with E-state index in [4.69, 9.17) is 0 Å². The first-order chi connectivity index (χ1) is 10.0. The van der Waals surface area contributed by atoms with Crippen LogP contribution in [0.5, 0.6) is 0 Å². The molecule has 21 heavy (non-hydrogen) atoms. The second-order valence-corrected chi connectivity index (χ2v) is 6.44. The van der Waals surface area contributed by atoms with Crippen molar-refractivity contribution in [3.63, 3.8) is 0 Å². The Morgan fingerprint density at radius 2 is 2.24 bits per heavy atom. The van der Waals surface area contributed by atoms with E-state index < -0.39 is 5.95 Å². The zero-order chi connectivity index (χ0) is 15.4. The Kier molecular flexibility index (Phi) is 5.30. The monoisotopic (exact) mass is 325 g/mol. The summed E-state index contributed by atoms with van der Waals surface area (Å²) in [4.78, 5) is 21.8. The molecule has 2 heterocycles. The van der Waals surface area contributed by atoms with Crippen LogP contribution in [0.3, 0.4) is 0 Å². The van der Waals surface area contributed by atoms with Gasteiger partial charge in [0, 0.05) is 31.0 Å². The molecule has 112 valence electrons. The highest BCUT2D eigenvalue weighted by atomic mass is 32.2. The average Bonchev–Trinajstić information content (AvgIpc) is 2.86. The minimum absolute atomic E-state index is 0.0693. The van der Waals surface area contributed by atoms with Gasteiger partial charge in [-0.3, -0.25) is 4.79 Å². The first kappa shape index (κ1) is 15.9. The van der Waals surface area contributed by atoms with Crippen molar-refractivity contribution in [3.05, 3.63) is 30.0 Å². The largest absolute Gasteiger partial charge is 0.305 e. The number of carbonyl (C=O) groups is 1. The van der Waals surface area contributed by atoms with Crippen molar-refractivity contribution in [1.82, 2.24) is 9.97 Å². The lowest BCUT2D eigenvalue weighted by Crippen LogP contribution is -2.26. The van der Waals surface area contributed by atoms with E-state index in [2.05, 4.69) is 9.97 Å². The Balaban J connectivity index is 2.22. The highest BCUT2D eigenvalue weighted by Crippen LogP contribution is 2.33. The number of hydrogen-bond acceptors (Lipinski definition) is 5. The summed E-state index contributed by atoms with van der Waals surface area (Å²) in [7, 11) is 1.76. The van der Waals surface area contributed by atoms with Gasteiger partial charge >= 0.3 is 0 Å². The number of thiazole rings is 1. The van der Waals surface area contributed by atoms with E-state index >= 15 is 0 Å². The molecule has 0 unspecified atom stereocenters. The van der Waals surface area contributed by atoms with E-state index in [1.54, 1.807) is 29.8 Å². The molecule has 0 bridgehead atoms. The van der Waals surface area contributed by atoms with E-state index in [9.17, 15) is 9.18 Å². The van der Waals surface area contributed by atoms with Gasteiger partial charge in [-0.25, -0.2) is 9.97 Å². The number of amides is 1. The van der Waals surface area contributed by atoms with Crippen LogP contribution in [0.15, 0.2) is 18.3 Å². The molecule has 2 rings (SSSR count). The van der Waals surface area contributed by atoms with Crippen LogP contribution in [0.25, 0.3) is 10.6 Å². The van der Waals surface area contributed by atoms with Crippen LogP contribution in [-0.2, 0) is 4.79 Å². The number of thioether (sulfide) groups is 1. The minimum Gasteiger partial charge on any atom is -0.305 e. The Hall–Kier alpha value is -1.47. The average molecular weight is 325 g/mol. The first-order valence-corrected chi connectivity index (χ1v) is 8.58. The molecule has 7 heteroatoms. The van der Waals surface area contributed by atoms with Crippen molar-refractivity contribution in [3.8, 4) is 10.6 Å². The molecule has 2 aromatic rings. The van der Waals surface area contributed by atoms with E-state index in [0.717, 1.165) is 27.0 Å². The molecule has 0 N–H and O–H groups in total. The van der Waals surface area contributed by atoms with Crippen molar-refractivity contribution >= 4 is 34.0 Å². The second-order valence-electron chi connectivity index (χ2n) is 4.47. The van der Waals surface area contributed by atoms with Gasteiger partial charge in [0.1, 0.15) is 10.0 Å². The van der Waals surface area contributed by atoms with Gasteiger partial charge in [-0.1, -0.05) is 11.3 Å². The van der Waals surface area contributed by atoms with E-state index in [1.165, 1.54) is 23.6 Å². The maximum Gasteiger partial charge on any atom is 0.228 e. The van der Waals surface area contributed by atoms with Crippen LogP contribution in [-0.4, -0.2) is 34.9 Å². The number of nitrogens with zero attached hydrogens (tertiary/aromatic N) is 3. The van der Waals surface area contributed by atoms with Gasteiger partial charge < -0.3 is 4.90 Å². The molecule has 0 fully saturated rings. The molecule has 4 nitrogen and oxygen atoms in total. The maximum atomic E-state index is 12.9. The van der Waals surface area contributed by atoms with E-state index in [0.29, 0.717) is 6.42 Å². The van der Waals surface area contributed by atoms with Crippen molar-refractivity contribution in [2.24, 2.45) is 0 Å². The van der Waals surface area contributed by atoms with E-state index in [-0.39, 0.29) is 5.91 Å². The third kappa shape index (κ3) is 3.79. The SMILES string of the molecule is CSCCC(=O)N(C)c1sc(-c2ccc(F)nc2)nc1C. The number of halogens is 1. The van der Waals surface area contributed by atoms with Crippen LogP contribution in [0.4, 0.5) is 9.39 Å². The molecule has 0 saturated heterocycles. The summed E-state index contributed by atoms with van der Waals surface area (Å²) in [5.41, 5.74) is 1.54. The van der Waals surface area contributed by atoms with Gasteiger partial charge in [0.2, 0.25) is 11.9 Å². The zero-order valence-corrected chi connectivity index (χ0v) is 13.7. The summed E-state index contributed by atoms with van der Waals surface area (Å²) in [5.74, 6) is 0.354. The molecule has 1 amide bonds. The summed E-state index contributed by atoms with van der Waals surface area (Å²) in [6.45, 7) is 1.87. The van der Waals surface area contributed by atoms with Gasteiger partial charge in [-0.2, -0.15) is 16.2 Å². The zero-order valence-electron chi connectivity index (χ0n) is 12.1. The van der Waals surface area contributed by atoms with Crippen LogP contribution in [0.2, 0.25) is 0 Å². The number of hydrogen-bond donors (Lipinski definition) is 0. The smallest absolute Gasteiger partial charge is 0.228 e. The van der Waals surface area contributed by atoms with Crippen molar-refractivity contribution in [1.29, 1.82) is 0 Å². The van der Waals surface area contributed by atoms with Gasteiger partial charge in [0.25, 0.3) is 0 Å². The summed E-state index contributed by atoms with van der Waals surface area (Å²) in [6, 6.07) is 2.94. The Bertz CT molecular complexity index is 628. The minimum atomic E-state index is -0.517. The molecule has 0 atom stereocenters. The molecule has 2 aromatic heterocycles. The fourth-order valence-electron chi connectivity index (χ4n) is 1.80. The topological polar surface area (TPSA) is 46.1 Å².